The lowest BCUT2D eigenvalue weighted by molar-refractivity contribution is 0.0519. The van der Waals surface area contributed by atoms with Gasteiger partial charge in [-0.05, 0) is 58.0 Å². The number of H-pyrrole nitrogens is 1. The molecule has 0 amide bonds. The molecular formula is C22H30N2O5. The molecule has 0 aliphatic rings. The molecule has 7 nitrogen and oxygen atoms in total. The van der Waals surface area contributed by atoms with E-state index in [-0.39, 0.29) is 18.9 Å². The standard InChI is InChI=1S/C22H30N2O5/c1-7-28-18-10-9-16(11-19(18)27-6)12-24(5)13-17(25)20-14(3)21(23-15(20)4)22(26)29-8-2/h9-11,23H,7-8,12-13H2,1-6H3. The Morgan fingerprint density at radius 2 is 1.83 bits per heavy atom. The number of benzene rings is 1. The van der Waals surface area contributed by atoms with Crippen LogP contribution in [-0.4, -0.2) is 55.6 Å². The number of carbonyl (C=O) groups excluding carboxylic acids is 2. The number of rotatable bonds is 10. The number of carbonyl (C=O) groups is 2. The van der Waals surface area contributed by atoms with Crippen molar-refractivity contribution in [2.75, 3.05) is 33.9 Å². The van der Waals surface area contributed by atoms with Gasteiger partial charge in [0.25, 0.3) is 0 Å². The summed E-state index contributed by atoms with van der Waals surface area (Å²) >= 11 is 0. The van der Waals surface area contributed by atoms with Crippen molar-refractivity contribution < 1.29 is 23.8 Å². The molecule has 0 aliphatic carbocycles. The van der Waals surface area contributed by atoms with E-state index < -0.39 is 5.97 Å². The highest BCUT2D eigenvalue weighted by Crippen LogP contribution is 2.28. The van der Waals surface area contributed by atoms with Crippen LogP contribution >= 0.6 is 0 Å². The number of Topliss-reactive ketones (excluding diaryl/α,β-unsaturated/α-hetero) is 1. The van der Waals surface area contributed by atoms with Gasteiger partial charge in [-0.1, -0.05) is 6.07 Å². The van der Waals surface area contributed by atoms with Gasteiger partial charge in [-0.3, -0.25) is 9.69 Å². The lowest BCUT2D eigenvalue weighted by Gasteiger charge is -2.17. The highest BCUT2D eigenvalue weighted by molar-refractivity contribution is 6.03. The molecule has 2 aromatic rings. The summed E-state index contributed by atoms with van der Waals surface area (Å²) in [6.07, 6.45) is 0. The molecule has 29 heavy (non-hydrogen) atoms. The van der Waals surface area contributed by atoms with Gasteiger partial charge in [0.2, 0.25) is 0 Å². The van der Waals surface area contributed by atoms with E-state index >= 15 is 0 Å². The van der Waals surface area contributed by atoms with Gasteiger partial charge in [0.05, 0.1) is 26.9 Å². The number of ether oxygens (including phenoxy) is 3. The molecule has 0 saturated heterocycles. The topological polar surface area (TPSA) is 80.9 Å². The second-order valence-corrected chi connectivity index (χ2v) is 6.86. The molecule has 0 aliphatic heterocycles. The molecule has 0 saturated carbocycles. The first-order chi connectivity index (χ1) is 13.8. The van der Waals surface area contributed by atoms with E-state index in [4.69, 9.17) is 14.2 Å². The summed E-state index contributed by atoms with van der Waals surface area (Å²) < 4.78 is 16.0. The molecule has 0 fully saturated rings. The van der Waals surface area contributed by atoms with Gasteiger partial charge >= 0.3 is 5.97 Å². The van der Waals surface area contributed by atoms with Crippen molar-refractivity contribution in [2.24, 2.45) is 0 Å². The van der Waals surface area contributed by atoms with Crippen LogP contribution in [0.5, 0.6) is 11.5 Å². The summed E-state index contributed by atoms with van der Waals surface area (Å²) in [4.78, 5) is 29.9. The quantitative estimate of drug-likeness (QED) is 0.484. The van der Waals surface area contributed by atoms with E-state index in [9.17, 15) is 9.59 Å². The van der Waals surface area contributed by atoms with Gasteiger partial charge in [-0.2, -0.15) is 0 Å². The van der Waals surface area contributed by atoms with Gasteiger partial charge < -0.3 is 19.2 Å². The summed E-state index contributed by atoms with van der Waals surface area (Å²) in [7, 11) is 3.48. The van der Waals surface area contributed by atoms with Crippen molar-refractivity contribution in [2.45, 2.75) is 34.2 Å². The van der Waals surface area contributed by atoms with Crippen molar-refractivity contribution in [1.82, 2.24) is 9.88 Å². The number of esters is 1. The fraction of sp³-hybridized carbons (Fsp3) is 0.455. The second-order valence-electron chi connectivity index (χ2n) is 6.86. The van der Waals surface area contributed by atoms with Crippen molar-refractivity contribution >= 4 is 11.8 Å². The maximum Gasteiger partial charge on any atom is 0.355 e. The summed E-state index contributed by atoms with van der Waals surface area (Å²) in [5, 5.41) is 0. The Hall–Kier alpha value is -2.80. The third kappa shape index (κ3) is 5.38. The lowest BCUT2D eigenvalue weighted by atomic mass is 10.0. The van der Waals surface area contributed by atoms with Crippen LogP contribution in [-0.2, 0) is 11.3 Å². The van der Waals surface area contributed by atoms with Crippen LogP contribution in [0, 0.1) is 13.8 Å². The summed E-state index contributed by atoms with van der Waals surface area (Å²) in [6, 6.07) is 5.75. The van der Waals surface area contributed by atoms with Crippen LogP contribution in [0.4, 0.5) is 0 Å². The molecule has 1 heterocycles. The maximum atomic E-state index is 12.9. The third-order valence-electron chi connectivity index (χ3n) is 4.59. The summed E-state index contributed by atoms with van der Waals surface area (Å²) in [5.74, 6) is 0.872. The largest absolute Gasteiger partial charge is 0.493 e. The van der Waals surface area contributed by atoms with Gasteiger partial charge in [0.15, 0.2) is 17.3 Å². The molecule has 1 aromatic carbocycles. The number of nitrogens with zero attached hydrogens (tertiary/aromatic N) is 1. The SMILES string of the molecule is CCOC(=O)c1[nH]c(C)c(C(=O)CN(C)Cc2ccc(OCC)c(OC)c2)c1C. The molecule has 158 valence electrons. The average Bonchev–Trinajstić information content (AvgIpc) is 2.97. The average molecular weight is 402 g/mol. The number of aromatic nitrogens is 1. The second kappa shape index (κ2) is 10.1. The van der Waals surface area contributed by atoms with Gasteiger partial charge in [-0.15, -0.1) is 0 Å². The van der Waals surface area contributed by atoms with Crippen LogP contribution in [0.2, 0.25) is 0 Å². The predicted molar refractivity (Wildman–Crippen MR) is 111 cm³/mol. The van der Waals surface area contributed by atoms with Crippen LogP contribution < -0.4 is 9.47 Å². The first-order valence-electron chi connectivity index (χ1n) is 9.70. The smallest absolute Gasteiger partial charge is 0.355 e. The van der Waals surface area contributed by atoms with Crippen LogP contribution in [0.3, 0.4) is 0 Å². The van der Waals surface area contributed by atoms with E-state index in [0.717, 1.165) is 5.56 Å². The molecule has 0 spiro atoms. The minimum Gasteiger partial charge on any atom is -0.493 e. The van der Waals surface area contributed by atoms with Crippen LogP contribution in [0.1, 0.15) is 51.5 Å². The summed E-state index contributed by atoms with van der Waals surface area (Å²) in [5.41, 5.74) is 3.19. The highest BCUT2D eigenvalue weighted by atomic mass is 16.5. The number of likely N-dealkylation sites (N-methyl/N-ethyl adjacent to an activating group) is 1. The molecule has 2 rings (SSSR count). The van der Waals surface area contributed by atoms with Crippen molar-refractivity contribution in [3.05, 3.63) is 46.3 Å². The Balaban J connectivity index is 2.11. The monoisotopic (exact) mass is 402 g/mol. The zero-order valence-corrected chi connectivity index (χ0v) is 18.0. The number of hydrogen-bond donors (Lipinski definition) is 1. The van der Waals surface area contributed by atoms with Crippen molar-refractivity contribution in [1.29, 1.82) is 0 Å². The maximum absolute atomic E-state index is 12.9. The van der Waals surface area contributed by atoms with Crippen LogP contribution in [0.15, 0.2) is 18.2 Å². The predicted octanol–water partition coefficient (Wildman–Crippen LogP) is 3.53. The molecule has 0 atom stereocenters. The number of ketones is 1. The number of hydrogen-bond acceptors (Lipinski definition) is 6. The fourth-order valence-electron chi connectivity index (χ4n) is 3.35. The van der Waals surface area contributed by atoms with Crippen molar-refractivity contribution in [3.63, 3.8) is 0 Å². The minimum atomic E-state index is -0.443. The van der Waals surface area contributed by atoms with E-state index in [0.29, 0.717) is 47.2 Å². The van der Waals surface area contributed by atoms with E-state index in [1.54, 1.807) is 27.9 Å². The Labute approximate surface area is 172 Å². The fourth-order valence-corrected chi connectivity index (χ4v) is 3.35. The number of nitrogens with one attached hydrogen (secondary N) is 1. The summed E-state index contributed by atoms with van der Waals surface area (Å²) in [6.45, 7) is 8.87. The Morgan fingerprint density at radius 1 is 1.10 bits per heavy atom. The zero-order chi connectivity index (χ0) is 21.6. The Bertz CT molecular complexity index is 872. The van der Waals surface area contributed by atoms with Gasteiger partial charge in [0, 0.05) is 17.8 Å². The molecule has 0 bridgehead atoms. The van der Waals surface area contributed by atoms with Gasteiger partial charge in [0.1, 0.15) is 5.69 Å². The van der Waals surface area contributed by atoms with E-state index in [1.165, 1.54) is 0 Å². The Kier molecular flexibility index (Phi) is 7.84. The minimum absolute atomic E-state index is 0.0489. The molecule has 0 radical (unpaired) electrons. The van der Waals surface area contributed by atoms with Crippen molar-refractivity contribution in [3.8, 4) is 11.5 Å². The van der Waals surface area contributed by atoms with Gasteiger partial charge in [-0.25, -0.2) is 4.79 Å². The van der Waals surface area contributed by atoms with E-state index in [2.05, 4.69) is 4.98 Å². The highest BCUT2D eigenvalue weighted by Gasteiger charge is 2.23. The van der Waals surface area contributed by atoms with E-state index in [1.807, 2.05) is 37.1 Å². The third-order valence-corrected chi connectivity index (χ3v) is 4.59. The number of aromatic amines is 1. The molecule has 0 unspecified atom stereocenters. The number of methoxy groups -OCH3 is 1. The zero-order valence-electron chi connectivity index (χ0n) is 18.0. The first kappa shape index (κ1) is 22.5. The lowest BCUT2D eigenvalue weighted by Crippen LogP contribution is -2.26. The van der Waals surface area contributed by atoms with Crippen LogP contribution in [0.25, 0.3) is 0 Å². The molecular weight excluding hydrogens is 372 g/mol. The molecule has 7 heteroatoms. The molecule has 1 aromatic heterocycles. The normalized spacial score (nSPS) is 10.9. The number of aryl methyl sites for hydroxylation is 1. The Morgan fingerprint density at radius 3 is 2.45 bits per heavy atom. The molecule has 1 N–H and O–H groups in total. The first-order valence-corrected chi connectivity index (χ1v) is 9.70.